The van der Waals surface area contributed by atoms with E-state index in [4.69, 9.17) is 9.97 Å². The lowest BCUT2D eigenvalue weighted by molar-refractivity contribution is 1.22. The number of hydrogen-bond acceptors (Lipinski definition) is 6. The number of benzene rings is 6. The lowest BCUT2D eigenvalue weighted by Gasteiger charge is -2.17. The van der Waals surface area contributed by atoms with Gasteiger partial charge < -0.3 is 0 Å². The van der Waals surface area contributed by atoms with Crippen molar-refractivity contribution in [3.63, 3.8) is 0 Å². The van der Waals surface area contributed by atoms with Crippen molar-refractivity contribution >= 4 is 32.3 Å². The largest absolute Gasteiger partial charge is 0.255 e. The molecular formula is C60H38N6. The van der Waals surface area contributed by atoms with Crippen molar-refractivity contribution in [1.82, 2.24) is 29.9 Å². The van der Waals surface area contributed by atoms with Gasteiger partial charge in [0.15, 0.2) is 0 Å². The van der Waals surface area contributed by atoms with Gasteiger partial charge >= 0.3 is 0 Å². The third kappa shape index (κ3) is 7.22. The first-order chi connectivity index (χ1) is 32.7. The molecule has 0 aliphatic heterocycles. The van der Waals surface area contributed by atoms with Gasteiger partial charge in [-0.25, -0.2) is 9.97 Å². The molecule has 0 aliphatic rings. The Morgan fingerprint density at radius 2 is 0.606 bits per heavy atom. The van der Waals surface area contributed by atoms with E-state index >= 15 is 0 Å². The van der Waals surface area contributed by atoms with Crippen LogP contribution in [-0.4, -0.2) is 29.9 Å². The van der Waals surface area contributed by atoms with Crippen LogP contribution in [-0.2, 0) is 0 Å². The van der Waals surface area contributed by atoms with Crippen molar-refractivity contribution < 1.29 is 0 Å². The van der Waals surface area contributed by atoms with Crippen molar-refractivity contribution in [2.45, 2.75) is 0 Å². The van der Waals surface area contributed by atoms with Crippen LogP contribution in [0, 0.1) is 0 Å². The Kier molecular flexibility index (Phi) is 9.73. The van der Waals surface area contributed by atoms with Gasteiger partial charge in [0.1, 0.15) is 0 Å². The van der Waals surface area contributed by atoms with E-state index in [-0.39, 0.29) is 0 Å². The molecule has 0 atom stereocenters. The van der Waals surface area contributed by atoms with Gasteiger partial charge in [-0.15, -0.1) is 0 Å². The fourth-order valence-corrected chi connectivity index (χ4v) is 9.14. The highest BCUT2D eigenvalue weighted by Crippen LogP contribution is 2.43. The molecule has 308 valence electrons. The zero-order valence-corrected chi connectivity index (χ0v) is 35.6. The van der Waals surface area contributed by atoms with E-state index in [1.54, 1.807) is 24.8 Å². The van der Waals surface area contributed by atoms with Gasteiger partial charge in [-0.3, -0.25) is 19.9 Å². The molecule has 6 aromatic carbocycles. The average Bonchev–Trinajstić information content (AvgIpc) is 3.41. The number of hydrogen-bond donors (Lipinski definition) is 0. The zero-order chi connectivity index (χ0) is 43.8. The predicted molar refractivity (Wildman–Crippen MR) is 269 cm³/mol. The molecule has 6 nitrogen and oxygen atoms in total. The average molecular weight is 843 g/mol. The van der Waals surface area contributed by atoms with Crippen LogP contribution in [0.2, 0.25) is 0 Å². The molecule has 0 fully saturated rings. The molecule has 6 heteroatoms. The fourth-order valence-electron chi connectivity index (χ4n) is 9.14. The molecule has 6 heterocycles. The summed E-state index contributed by atoms with van der Waals surface area (Å²) in [7, 11) is 0. The van der Waals surface area contributed by atoms with Crippen LogP contribution in [0.25, 0.3) is 122 Å². The number of nitrogens with zero attached hydrogens (tertiary/aromatic N) is 6. The molecule has 0 saturated heterocycles. The van der Waals surface area contributed by atoms with E-state index < -0.39 is 0 Å². The Morgan fingerprint density at radius 1 is 0.227 bits per heavy atom. The second-order valence-electron chi connectivity index (χ2n) is 16.3. The Morgan fingerprint density at radius 3 is 1.05 bits per heavy atom. The predicted octanol–water partition coefficient (Wildman–Crippen LogP) is 14.9. The van der Waals surface area contributed by atoms with Gasteiger partial charge in [0.25, 0.3) is 0 Å². The molecule has 0 aliphatic carbocycles. The minimum absolute atomic E-state index is 0.798. The summed E-state index contributed by atoms with van der Waals surface area (Å²) >= 11 is 0. The van der Waals surface area contributed by atoms with Gasteiger partial charge in [0.05, 0.1) is 45.6 Å². The monoisotopic (exact) mass is 842 g/mol. The molecule has 12 aromatic rings. The molecule has 12 rings (SSSR count). The van der Waals surface area contributed by atoms with Gasteiger partial charge in [-0.1, -0.05) is 115 Å². The Balaban J connectivity index is 0.985. The standard InChI is InChI=1S/C60H38N6/c1-3-18-48-46(16-1)50(40-26-24-39(25-27-40)43-35-56(52-20-5-9-28-61-52)65-57(36-43)53-21-6-10-29-62-53)33-45-34-51(47-17-2-4-19-49(47)60(45)48)42-15-13-14-41(32-42)44-37-58(54-22-7-11-30-63-54)66-59(38-44)55-23-8-12-31-64-55/h1-38H. The lowest BCUT2D eigenvalue weighted by Crippen LogP contribution is -1.94. The molecule has 0 amide bonds. The van der Waals surface area contributed by atoms with Crippen molar-refractivity contribution in [3.8, 4) is 90.1 Å². The number of fused-ring (bicyclic) bond motifs is 5. The molecular weight excluding hydrogens is 805 g/mol. The highest BCUT2D eigenvalue weighted by atomic mass is 14.8. The molecule has 0 radical (unpaired) electrons. The number of rotatable bonds is 8. The van der Waals surface area contributed by atoms with Crippen LogP contribution < -0.4 is 0 Å². The van der Waals surface area contributed by atoms with Crippen molar-refractivity contribution in [1.29, 1.82) is 0 Å². The summed E-state index contributed by atoms with van der Waals surface area (Å²) in [5, 5.41) is 7.28. The molecule has 0 unspecified atom stereocenters. The Bertz CT molecular complexity index is 3610. The van der Waals surface area contributed by atoms with Gasteiger partial charge in [0, 0.05) is 24.8 Å². The number of pyridine rings is 6. The van der Waals surface area contributed by atoms with Crippen LogP contribution in [0.1, 0.15) is 0 Å². The minimum atomic E-state index is 0.798. The highest BCUT2D eigenvalue weighted by molar-refractivity contribution is 6.25. The number of aromatic nitrogens is 6. The molecule has 0 N–H and O–H groups in total. The van der Waals surface area contributed by atoms with Crippen LogP contribution in [0.4, 0.5) is 0 Å². The lowest BCUT2D eigenvalue weighted by atomic mass is 9.87. The van der Waals surface area contributed by atoms with E-state index in [1.807, 2.05) is 72.8 Å². The quantitative estimate of drug-likeness (QED) is 0.142. The van der Waals surface area contributed by atoms with Crippen molar-refractivity contribution in [2.75, 3.05) is 0 Å². The highest BCUT2D eigenvalue weighted by Gasteiger charge is 2.17. The van der Waals surface area contributed by atoms with Crippen LogP contribution in [0.5, 0.6) is 0 Å². The normalized spacial score (nSPS) is 11.3. The van der Waals surface area contributed by atoms with Gasteiger partial charge in [-0.2, -0.15) is 0 Å². The smallest absolute Gasteiger partial charge is 0.0900 e. The summed E-state index contributed by atoms with van der Waals surface area (Å²) in [5.74, 6) is 0. The third-order valence-corrected chi connectivity index (χ3v) is 12.3. The van der Waals surface area contributed by atoms with Gasteiger partial charge in [-0.05, 0) is 168 Å². The summed E-state index contributed by atoms with van der Waals surface area (Å²) in [6.07, 6.45) is 7.22. The Hall–Kier alpha value is -9.00. The molecule has 6 aromatic heterocycles. The minimum Gasteiger partial charge on any atom is -0.255 e. The van der Waals surface area contributed by atoms with E-state index in [1.165, 1.54) is 43.4 Å². The zero-order valence-electron chi connectivity index (χ0n) is 35.6. The third-order valence-electron chi connectivity index (χ3n) is 12.3. The van der Waals surface area contributed by atoms with E-state index in [9.17, 15) is 0 Å². The first-order valence-corrected chi connectivity index (χ1v) is 22.0. The van der Waals surface area contributed by atoms with E-state index in [0.717, 1.165) is 78.9 Å². The van der Waals surface area contributed by atoms with Crippen LogP contribution in [0.3, 0.4) is 0 Å². The maximum Gasteiger partial charge on any atom is 0.0900 e. The maximum atomic E-state index is 5.03. The summed E-state index contributed by atoms with van der Waals surface area (Å²) in [4.78, 5) is 28.6. The van der Waals surface area contributed by atoms with Crippen molar-refractivity contribution in [3.05, 3.63) is 231 Å². The molecule has 66 heavy (non-hydrogen) atoms. The van der Waals surface area contributed by atoms with Crippen LogP contribution >= 0.6 is 0 Å². The van der Waals surface area contributed by atoms with Crippen molar-refractivity contribution in [2.24, 2.45) is 0 Å². The Labute approximate surface area is 381 Å². The second kappa shape index (κ2) is 16.6. The SMILES string of the molecule is c1ccc(-c2cc(-c3ccc(-c4cc5cc(-c6cccc(-c7cc(-c8ccccn8)nc(-c8ccccn8)c7)c6)c6ccccc6c5c5ccccc45)cc3)cc(-c3ccccn3)n2)nc1. The van der Waals surface area contributed by atoms with Gasteiger partial charge in [0.2, 0.25) is 0 Å². The van der Waals surface area contributed by atoms with Crippen LogP contribution in [0.15, 0.2) is 231 Å². The summed E-state index contributed by atoms with van der Waals surface area (Å²) < 4.78 is 0. The summed E-state index contributed by atoms with van der Waals surface area (Å²) in [5.41, 5.74) is 15.3. The second-order valence-corrected chi connectivity index (χ2v) is 16.3. The molecule has 0 saturated carbocycles. The molecule has 0 bridgehead atoms. The topological polar surface area (TPSA) is 77.3 Å². The fraction of sp³-hybridized carbons (Fsp3) is 0. The molecule has 0 spiro atoms. The van der Waals surface area contributed by atoms with E-state index in [0.29, 0.717) is 0 Å². The van der Waals surface area contributed by atoms with E-state index in [2.05, 4.69) is 153 Å². The summed E-state index contributed by atoms with van der Waals surface area (Å²) in [6, 6.07) is 72.2. The maximum absolute atomic E-state index is 5.03. The first-order valence-electron chi connectivity index (χ1n) is 22.0. The summed E-state index contributed by atoms with van der Waals surface area (Å²) in [6.45, 7) is 0. The first kappa shape index (κ1) is 38.7.